The molecule has 0 rings (SSSR count). The third kappa shape index (κ3) is 7.94. The summed E-state index contributed by atoms with van der Waals surface area (Å²) in [5, 5.41) is 12.0. The lowest BCUT2D eigenvalue weighted by Gasteiger charge is -2.17. The van der Waals surface area contributed by atoms with Crippen molar-refractivity contribution in [1.29, 1.82) is 0 Å². The van der Waals surface area contributed by atoms with Gasteiger partial charge in [-0.25, -0.2) is 0 Å². The summed E-state index contributed by atoms with van der Waals surface area (Å²) in [6.45, 7) is 6.18. The molecule has 0 radical (unpaired) electrons. The highest BCUT2D eigenvalue weighted by Gasteiger charge is 2.03. The van der Waals surface area contributed by atoms with E-state index >= 15 is 0 Å². The van der Waals surface area contributed by atoms with E-state index in [2.05, 4.69) is 5.32 Å². The van der Waals surface area contributed by atoms with E-state index in [1.54, 1.807) is 13.8 Å². The topological polar surface area (TPSA) is 67.5 Å². The lowest BCUT2D eigenvalue weighted by atomic mass is 10.3. The van der Waals surface area contributed by atoms with Crippen LogP contribution < -0.4 is 11.1 Å². The quantitative estimate of drug-likeness (QED) is 0.499. The maximum atomic E-state index is 8.94. The molecule has 0 aromatic rings. The maximum Gasteiger partial charge on any atom is 0.107 e. The van der Waals surface area contributed by atoms with Gasteiger partial charge >= 0.3 is 0 Å². The molecule has 0 amide bonds. The Kier molecular flexibility index (Phi) is 6.28. The molecule has 0 aliphatic heterocycles. The molecule has 0 heterocycles. The zero-order valence-electron chi connectivity index (χ0n) is 8.08. The number of ether oxygens (including phenoxy) is 1. The molecule has 4 N–H and O–H groups in total. The van der Waals surface area contributed by atoms with Gasteiger partial charge < -0.3 is 15.6 Å². The Morgan fingerprint density at radius 2 is 2.00 bits per heavy atom. The van der Waals surface area contributed by atoms with Crippen molar-refractivity contribution in [2.45, 2.75) is 45.8 Å². The Morgan fingerprint density at radius 3 is 2.42 bits per heavy atom. The first kappa shape index (κ1) is 11.8. The minimum Gasteiger partial charge on any atom is -0.393 e. The van der Waals surface area contributed by atoms with Crippen molar-refractivity contribution in [3.8, 4) is 0 Å². The number of nitrogens with two attached hydrogens (primary N) is 1. The van der Waals surface area contributed by atoms with Crippen molar-refractivity contribution in [3.63, 3.8) is 0 Å². The van der Waals surface area contributed by atoms with E-state index in [9.17, 15) is 0 Å². The fraction of sp³-hybridized carbons (Fsp3) is 1.00. The Balaban J connectivity index is 3.25. The van der Waals surface area contributed by atoms with Crippen LogP contribution in [0.15, 0.2) is 0 Å². The lowest BCUT2D eigenvalue weighted by Crippen LogP contribution is -2.36. The van der Waals surface area contributed by atoms with E-state index in [1.165, 1.54) is 0 Å². The molecule has 0 aliphatic rings. The molecule has 3 unspecified atom stereocenters. The Hall–Kier alpha value is -0.160. The van der Waals surface area contributed by atoms with Gasteiger partial charge in [0.05, 0.1) is 6.10 Å². The molecular weight excluding hydrogens is 156 g/mol. The monoisotopic (exact) mass is 176 g/mol. The van der Waals surface area contributed by atoms with Crippen molar-refractivity contribution in [2.75, 3.05) is 6.54 Å². The number of hydrogen-bond acceptors (Lipinski definition) is 4. The smallest absolute Gasteiger partial charge is 0.107 e. The van der Waals surface area contributed by atoms with Gasteiger partial charge in [-0.05, 0) is 33.7 Å². The largest absolute Gasteiger partial charge is 0.393 e. The molecule has 0 aromatic carbocycles. The zero-order valence-corrected chi connectivity index (χ0v) is 8.08. The first-order valence-corrected chi connectivity index (χ1v) is 4.35. The van der Waals surface area contributed by atoms with Gasteiger partial charge in [0, 0.05) is 0 Å². The van der Waals surface area contributed by atoms with E-state index in [4.69, 9.17) is 15.6 Å². The van der Waals surface area contributed by atoms with E-state index in [-0.39, 0.29) is 18.6 Å². The van der Waals surface area contributed by atoms with Gasteiger partial charge in [0.15, 0.2) is 0 Å². The molecule has 3 atom stereocenters. The van der Waals surface area contributed by atoms with Crippen molar-refractivity contribution in [2.24, 2.45) is 5.73 Å². The van der Waals surface area contributed by atoms with Crippen molar-refractivity contribution >= 4 is 0 Å². The van der Waals surface area contributed by atoms with E-state index in [1.807, 2.05) is 6.92 Å². The number of aliphatic hydroxyl groups excluding tert-OH is 1. The molecule has 0 aliphatic carbocycles. The summed E-state index contributed by atoms with van der Waals surface area (Å²) >= 11 is 0. The van der Waals surface area contributed by atoms with Crippen molar-refractivity contribution in [1.82, 2.24) is 5.32 Å². The average Bonchev–Trinajstić information content (AvgIpc) is 1.84. The first-order chi connectivity index (χ1) is 5.52. The molecule has 12 heavy (non-hydrogen) atoms. The highest BCUT2D eigenvalue weighted by atomic mass is 16.5. The molecule has 0 saturated heterocycles. The van der Waals surface area contributed by atoms with Crippen LogP contribution >= 0.6 is 0 Å². The summed E-state index contributed by atoms with van der Waals surface area (Å²) in [5.41, 5.74) is 5.41. The van der Waals surface area contributed by atoms with Crippen molar-refractivity contribution < 1.29 is 9.84 Å². The summed E-state index contributed by atoms with van der Waals surface area (Å²) in [6.07, 6.45) is 0.162. The molecule has 0 saturated carbocycles. The predicted molar refractivity (Wildman–Crippen MR) is 48.5 cm³/mol. The summed E-state index contributed by atoms with van der Waals surface area (Å²) in [5.74, 6) is 0. The molecule has 4 heteroatoms. The first-order valence-electron chi connectivity index (χ1n) is 4.35. The van der Waals surface area contributed by atoms with Gasteiger partial charge in [0.1, 0.15) is 12.5 Å². The van der Waals surface area contributed by atoms with Gasteiger partial charge in [0.25, 0.3) is 0 Å². The third-order valence-corrected chi connectivity index (χ3v) is 1.41. The number of rotatable bonds is 6. The van der Waals surface area contributed by atoms with E-state index in [0.717, 1.165) is 13.0 Å². The SMILES string of the molecule is CC(O)CCNC(C)OC(C)N. The van der Waals surface area contributed by atoms with Crippen LogP contribution in [0.4, 0.5) is 0 Å². The minimum atomic E-state index is -0.264. The fourth-order valence-corrected chi connectivity index (χ4v) is 0.866. The normalized spacial score (nSPS) is 18.8. The second-order valence-electron chi connectivity index (χ2n) is 3.08. The second kappa shape index (κ2) is 6.37. The van der Waals surface area contributed by atoms with Crippen molar-refractivity contribution in [3.05, 3.63) is 0 Å². The van der Waals surface area contributed by atoms with E-state index < -0.39 is 0 Å². The number of nitrogens with one attached hydrogen (secondary N) is 1. The van der Waals surface area contributed by atoms with Crippen LogP contribution in [0.5, 0.6) is 0 Å². The van der Waals surface area contributed by atoms with Gasteiger partial charge in [0.2, 0.25) is 0 Å². The number of aliphatic hydroxyl groups is 1. The van der Waals surface area contributed by atoms with Gasteiger partial charge in [-0.1, -0.05) is 0 Å². The van der Waals surface area contributed by atoms with Crippen LogP contribution in [0, 0.1) is 0 Å². The summed E-state index contributed by atoms with van der Waals surface area (Å²) in [4.78, 5) is 0. The minimum absolute atomic E-state index is 0.0521. The van der Waals surface area contributed by atoms with E-state index in [0.29, 0.717) is 0 Å². The molecule has 0 bridgehead atoms. The van der Waals surface area contributed by atoms with Crippen LogP contribution in [-0.4, -0.2) is 30.2 Å². The summed E-state index contributed by atoms with van der Waals surface area (Å²) in [7, 11) is 0. The summed E-state index contributed by atoms with van der Waals surface area (Å²) in [6, 6.07) is 0. The number of hydrogen-bond donors (Lipinski definition) is 3. The van der Waals surface area contributed by atoms with Crippen LogP contribution in [-0.2, 0) is 4.74 Å². The molecule has 4 nitrogen and oxygen atoms in total. The van der Waals surface area contributed by atoms with Crippen LogP contribution in [0.2, 0.25) is 0 Å². The van der Waals surface area contributed by atoms with Gasteiger partial charge in [-0.2, -0.15) is 0 Å². The Bertz CT molecular complexity index is 107. The fourth-order valence-electron chi connectivity index (χ4n) is 0.866. The highest BCUT2D eigenvalue weighted by molar-refractivity contribution is 4.54. The zero-order chi connectivity index (χ0) is 9.56. The standard InChI is InChI=1S/C8H20N2O2/c1-6(11)4-5-10-8(3)12-7(2)9/h6-8,10-11H,4-5,9H2,1-3H3. The second-order valence-corrected chi connectivity index (χ2v) is 3.08. The predicted octanol–water partition coefficient (Wildman–Crippen LogP) is 0.0142. The maximum absolute atomic E-state index is 8.94. The molecular formula is C8H20N2O2. The highest BCUT2D eigenvalue weighted by Crippen LogP contribution is 1.91. The Morgan fingerprint density at radius 1 is 1.42 bits per heavy atom. The van der Waals surface area contributed by atoms with Crippen LogP contribution in [0.3, 0.4) is 0 Å². The molecule has 74 valence electrons. The molecule has 0 aromatic heterocycles. The average molecular weight is 176 g/mol. The lowest BCUT2D eigenvalue weighted by molar-refractivity contribution is -0.00789. The van der Waals surface area contributed by atoms with Gasteiger partial charge in [-0.15, -0.1) is 0 Å². The Labute approximate surface area is 74.1 Å². The van der Waals surface area contributed by atoms with Gasteiger partial charge in [-0.3, -0.25) is 5.32 Å². The van der Waals surface area contributed by atoms with Crippen LogP contribution in [0.25, 0.3) is 0 Å². The molecule has 0 fully saturated rings. The molecule has 0 spiro atoms. The summed E-state index contributed by atoms with van der Waals surface area (Å²) < 4.78 is 5.22. The third-order valence-electron chi connectivity index (χ3n) is 1.41. The van der Waals surface area contributed by atoms with Crippen LogP contribution in [0.1, 0.15) is 27.2 Å².